The summed E-state index contributed by atoms with van der Waals surface area (Å²) in [6.07, 6.45) is -1.90. The quantitative estimate of drug-likeness (QED) is 0.638. The van der Waals surface area contributed by atoms with Gasteiger partial charge < -0.3 is 25.0 Å². The molecule has 2 aromatic rings. The Labute approximate surface area is 176 Å². The van der Waals surface area contributed by atoms with Crippen LogP contribution in [-0.2, 0) is 32.0 Å². The minimum Gasteiger partial charge on any atom is -0.352 e. The van der Waals surface area contributed by atoms with Crippen LogP contribution in [0.2, 0.25) is 0 Å². The number of nitrogens with zero attached hydrogens (tertiary/aromatic N) is 1. The lowest BCUT2D eigenvalue weighted by Crippen LogP contribution is -2.56. The van der Waals surface area contributed by atoms with Gasteiger partial charge in [0, 0.05) is 19.6 Å². The molecule has 4 rings (SSSR count). The number of hydrogen-bond donors (Lipinski definition) is 2. The zero-order chi connectivity index (χ0) is 20.9. The van der Waals surface area contributed by atoms with E-state index >= 15 is 0 Å². The molecule has 2 saturated heterocycles. The highest BCUT2D eigenvalue weighted by Gasteiger charge is 2.55. The first-order valence-electron chi connectivity index (χ1n) is 10.3. The molecule has 0 saturated carbocycles. The molecule has 2 fully saturated rings. The van der Waals surface area contributed by atoms with Crippen LogP contribution in [0.4, 0.5) is 0 Å². The highest BCUT2D eigenvalue weighted by Crippen LogP contribution is 2.34. The van der Waals surface area contributed by atoms with Crippen molar-refractivity contribution in [2.75, 3.05) is 20.1 Å². The highest BCUT2D eigenvalue weighted by molar-refractivity contribution is 5.92. The van der Waals surface area contributed by atoms with Gasteiger partial charge in [0.1, 0.15) is 0 Å². The maximum atomic E-state index is 13.4. The monoisotopic (exact) mass is 409 g/mol. The van der Waals surface area contributed by atoms with E-state index in [0.717, 1.165) is 11.1 Å². The first-order chi connectivity index (χ1) is 14.7. The van der Waals surface area contributed by atoms with Crippen molar-refractivity contribution in [1.29, 1.82) is 0 Å². The van der Waals surface area contributed by atoms with E-state index in [9.17, 15) is 9.59 Å². The fourth-order valence-corrected chi connectivity index (χ4v) is 3.95. The molecule has 0 spiro atoms. The summed E-state index contributed by atoms with van der Waals surface area (Å²) in [5.74, 6) is -0.520. The molecule has 2 heterocycles. The number of fused-ring (bicyclic) bond motifs is 2. The summed E-state index contributed by atoms with van der Waals surface area (Å²) in [7, 11) is 1.81. The van der Waals surface area contributed by atoms with Gasteiger partial charge in [-0.1, -0.05) is 60.7 Å². The second-order valence-electron chi connectivity index (χ2n) is 7.59. The molecule has 2 N–H and O–H groups in total. The third kappa shape index (κ3) is 4.38. The first-order valence-corrected chi connectivity index (χ1v) is 10.3. The zero-order valence-corrected chi connectivity index (χ0v) is 17.0. The fraction of sp³-hybridized carbons (Fsp3) is 0.391. The van der Waals surface area contributed by atoms with Gasteiger partial charge in [0.2, 0.25) is 0 Å². The molecular formula is C23H27N3O4. The number of carbonyl (C=O) groups excluding carboxylic acids is 2. The molecule has 0 unspecified atom stereocenters. The van der Waals surface area contributed by atoms with Crippen molar-refractivity contribution in [3.05, 3.63) is 71.8 Å². The Hall–Kier alpha value is -2.74. The van der Waals surface area contributed by atoms with Crippen LogP contribution in [0.25, 0.3) is 0 Å². The Morgan fingerprint density at radius 1 is 0.967 bits per heavy atom. The molecule has 2 aliphatic rings. The van der Waals surface area contributed by atoms with E-state index in [-0.39, 0.29) is 17.9 Å². The molecule has 2 aromatic carbocycles. The van der Waals surface area contributed by atoms with Gasteiger partial charge in [0.15, 0.2) is 18.5 Å². The summed E-state index contributed by atoms with van der Waals surface area (Å²) in [6, 6.07) is 19.5. The summed E-state index contributed by atoms with van der Waals surface area (Å²) in [4.78, 5) is 27.8. The number of ether oxygens (including phenoxy) is 2. The summed E-state index contributed by atoms with van der Waals surface area (Å²) in [6.45, 7) is 1.55. The highest BCUT2D eigenvalue weighted by atomic mass is 16.7. The van der Waals surface area contributed by atoms with E-state index in [4.69, 9.17) is 9.47 Å². The smallest absolute Gasteiger partial charge is 0.255 e. The maximum absolute atomic E-state index is 13.4. The minimum atomic E-state index is -0.932. The molecule has 0 aliphatic carbocycles. The van der Waals surface area contributed by atoms with Gasteiger partial charge >= 0.3 is 0 Å². The van der Waals surface area contributed by atoms with Crippen molar-refractivity contribution in [3.8, 4) is 0 Å². The first kappa shape index (κ1) is 20.5. The third-order valence-electron chi connectivity index (χ3n) is 5.49. The minimum absolute atomic E-state index is 0.206. The molecule has 4 atom stereocenters. The Morgan fingerprint density at radius 2 is 1.63 bits per heavy atom. The van der Waals surface area contributed by atoms with E-state index in [1.165, 1.54) is 0 Å². The van der Waals surface area contributed by atoms with Gasteiger partial charge in [0.25, 0.3) is 11.8 Å². The van der Waals surface area contributed by atoms with Gasteiger partial charge in [-0.15, -0.1) is 0 Å². The summed E-state index contributed by atoms with van der Waals surface area (Å²) in [5, 5.41) is 5.79. The zero-order valence-electron chi connectivity index (χ0n) is 17.0. The second kappa shape index (κ2) is 9.38. The fourth-order valence-electron chi connectivity index (χ4n) is 3.95. The Bertz CT molecular complexity index is 861. The third-order valence-corrected chi connectivity index (χ3v) is 5.49. The normalized spacial score (nSPS) is 25.4. The number of morpholine rings is 1. The number of carbonyl (C=O) groups is 2. The maximum Gasteiger partial charge on any atom is 0.255 e. The van der Waals surface area contributed by atoms with E-state index in [1.54, 1.807) is 0 Å². The van der Waals surface area contributed by atoms with E-state index in [0.29, 0.717) is 26.1 Å². The van der Waals surface area contributed by atoms with Gasteiger partial charge in [0.05, 0.1) is 6.04 Å². The van der Waals surface area contributed by atoms with E-state index in [2.05, 4.69) is 10.6 Å². The van der Waals surface area contributed by atoms with E-state index in [1.807, 2.05) is 72.6 Å². The number of amides is 2. The van der Waals surface area contributed by atoms with Gasteiger partial charge in [-0.05, 0) is 24.6 Å². The van der Waals surface area contributed by atoms with Crippen molar-refractivity contribution in [2.24, 2.45) is 0 Å². The van der Waals surface area contributed by atoms with Crippen molar-refractivity contribution >= 4 is 11.8 Å². The Morgan fingerprint density at radius 3 is 2.30 bits per heavy atom. The van der Waals surface area contributed by atoms with Crippen LogP contribution < -0.4 is 10.6 Å². The van der Waals surface area contributed by atoms with E-state index < -0.39 is 18.5 Å². The molecule has 2 amide bonds. The van der Waals surface area contributed by atoms with Gasteiger partial charge in [-0.2, -0.15) is 0 Å². The molecule has 30 heavy (non-hydrogen) atoms. The van der Waals surface area contributed by atoms with Crippen LogP contribution in [0.3, 0.4) is 0 Å². The van der Waals surface area contributed by atoms with Crippen molar-refractivity contribution in [1.82, 2.24) is 15.5 Å². The molecule has 7 nitrogen and oxygen atoms in total. The summed E-state index contributed by atoms with van der Waals surface area (Å²) < 4.78 is 11.9. The predicted molar refractivity (Wildman–Crippen MR) is 111 cm³/mol. The van der Waals surface area contributed by atoms with Gasteiger partial charge in [-0.3, -0.25) is 9.59 Å². The average molecular weight is 409 g/mol. The lowest BCUT2D eigenvalue weighted by molar-refractivity contribution is -0.177. The number of benzene rings is 2. The lowest BCUT2D eigenvalue weighted by atomic mass is 10.0. The van der Waals surface area contributed by atoms with Crippen molar-refractivity contribution in [2.45, 2.75) is 37.5 Å². The number of likely N-dealkylation sites (N-methyl/N-ethyl adjacent to an activating group) is 1. The molecule has 0 aromatic heterocycles. The predicted octanol–water partition coefficient (Wildman–Crippen LogP) is 1.09. The lowest BCUT2D eigenvalue weighted by Gasteiger charge is -2.38. The van der Waals surface area contributed by atoms with Crippen LogP contribution >= 0.6 is 0 Å². The summed E-state index contributed by atoms with van der Waals surface area (Å²) >= 11 is 0. The largest absolute Gasteiger partial charge is 0.352 e. The molecule has 0 radical (unpaired) electrons. The van der Waals surface area contributed by atoms with Crippen LogP contribution in [0.15, 0.2) is 60.7 Å². The molecule has 2 bridgehead atoms. The molecular weight excluding hydrogens is 382 g/mol. The standard InChI is InChI=1S/C23H27N3O4/c1-24-12-13-25-21(27)19-20-22(28)26(15-17-10-6-3-7-11-17)18(23(29-19)30-20)14-16-8-4-2-5-9-16/h2-11,18-20,23-24H,12-15H2,1H3,(H,25,27)/t18-,19+,20+,23+/m0/s1. The topological polar surface area (TPSA) is 79.9 Å². The van der Waals surface area contributed by atoms with Gasteiger partial charge in [-0.25, -0.2) is 0 Å². The van der Waals surface area contributed by atoms with Crippen molar-refractivity contribution in [3.63, 3.8) is 0 Å². The number of rotatable bonds is 8. The average Bonchev–Trinajstić information content (AvgIpc) is 3.18. The Kier molecular flexibility index (Phi) is 6.42. The number of nitrogens with one attached hydrogen (secondary N) is 2. The molecule has 2 aliphatic heterocycles. The second-order valence-corrected chi connectivity index (χ2v) is 7.59. The van der Waals surface area contributed by atoms with Crippen LogP contribution in [-0.4, -0.2) is 61.4 Å². The van der Waals surface area contributed by atoms with Crippen LogP contribution in [0, 0.1) is 0 Å². The molecule has 7 heteroatoms. The number of hydrogen-bond acceptors (Lipinski definition) is 5. The van der Waals surface area contributed by atoms with Crippen LogP contribution in [0.1, 0.15) is 11.1 Å². The summed E-state index contributed by atoms with van der Waals surface area (Å²) in [5.41, 5.74) is 2.11. The van der Waals surface area contributed by atoms with Crippen LogP contribution in [0.5, 0.6) is 0 Å². The molecule has 158 valence electrons. The van der Waals surface area contributed by atoms with Crippen molar-refractivity contribution < 1.29 is 19.1 Å². The Balaban J connectivity index is 1.57. The SMILES string of the molecule is CNCCNC(=O)[C@@H]1O[C@@H]2O[C@H]1C(=O)N(Cc1ccccc1)[C@H]2Cc1ccccc1.